The van der Waals surface area contributed by atoms with Crippen LogP contribution in [0.1, 0.15) is 21.7 Å². The lowest BCUT2D eigenvalue weighted by Gasteiger charge is -2.08. The highest BCUT2D eigenvalue weighted by Gasteiger charge is 2.14. The number of nitrogens with one attached hydrogen (secondary N) is 2. The Balaban J connectivity index is 1.29. The number of aryl methyl sites for hydroxylation is 1. The molecule has 9 heteroatoms. The number of nitrogens with zero attached hydrogens (tertiary/aromatic N) is 6. The molecule has 0 saturated carbocycles. The van der Waals surface area contributed by atoms with E-state index in [0.29, 0.717) is 30.3 Å². The molecule has 2 N–H and O–H groups in total. The van der Waals surface area contributed by atoms with Crippen LogP contribution in [0.5, 0.6) is 0 Å². The fourth-order valence-corrected chi connectivity index (χ4v) is 3.01. The highest BCUT2D eigenvalue weighted by Crippen LogP contribution is 2.13. The third kappa shape index (κ3) is 4.19. The number of aromatic nitrogens is 6. The van der Waals surface area contributed by atoms with Gasteiger partial charge >= 0.3 is 0 Å². The number of carbonyl (C=O) groups excluding carboxylic acids is 1. The Labute approximate surface area is 173 Å². The van der Waals surface area contributed by atoms with Crippen LogP contribution in [-0.4, -0.2) is 48.8 Å². The molecule has 0 aliphatic heterocycles. The molecular formula is C21H22N8O. The molecule has 0 saturated heterocycles. The van der Waals surface area contributed by atoms with Gasteiger partial charge in [0.05, 0.1) is 28.8 Å². The van der Waals surface area contributed by atoms with Gasteiger partial charge in [-0.3, -0.25) is 4.79 Å². The number of hydrogen-bond acceptors (Lipinski definition) is 6. The van der Waals surface area contributed by atoms with Crippen molar-refractivity contribution in [3.63, 3.8) is 0 Å². The van der Waals surface area contributed by atoms with Gasteiger partial charge in [0.2, 0.25) is 0 Å². The van der Waals surface area contributed by atoms with E-state index in [1.807, 2.05) is 68.6 Å². The van der Waals surface area contributed by atoms with Crippen molar-refractivity contribution in [1.82, 2.24) is 35.1 Å². The number of para-hydroxylation sites is 1. The first-order valence-electron chi connectivity index (χ1n) is 9.60. The molecule has 1 amide bonds. The molecule has 4 aromatic rings. The first kappa shape index (κ1) is 19.3. The molecule has 0 aliphatic rings. The molecule has 0 radical (unpaired) electrons. The third-order valence-corrected chi connectivity index (χ3v) is 4.58. The second-order valence-corrected chi connectivity index (χ2v) is 6.75. The van der Waals surface area contributed by atoms with E-state index in [0.717, 1.165) is 17.1 Å². The minimum Gasteiger partial charge on any atom is -0.367 e. The van der Waals surface area contributed by atoms with E-state index in [4.69, 9.17) is 0 Å². The van der Waals surface area contributed by atoms with Crippen LogP contribution in [0.3, 0.4) is 0 Å². The fourth-order valence-electron chi connectivity index (χ4n) is 3.01. The number of amides is 1. The Morgan fingerprint density at radius 2 is 1.83 bits per heavy atom. The van der Waals surface area contributed by atoms with E-state index in [1.54, 1.807) is 15.6 Å². The van der Waals surface area contributed by atoms with Crippen LogP contribution in [0, 0.1) is 13.8 Å². The summed E-state index contributed by atoms with van der Waals surface area (Å²) in [5.41, 5.74) is 3.18. The SMILES string of the molecule is Cc1ccn(-c2ccc(NCCNC(=O)c3cnn(-c4ccccc4)c3C)nn2)n1. The smallest absolute Gasteiger partial charge is 0.254 e. The monoisotopic (exact) mass is 402 g/mol. The quantitative estimate of drug-likeness (QED) is 0.460. The van der Waals surface area contributed by atoms with Gasteiger partial charge in [-0.25, -0.2) is 9.36 Å². The van der Waals surface area contributed by atoms with E-state index in [1.165, 1.54) is 0 Å². The molecule has 0 unspecified atom stereocenters. The maximum absolute atomic E-state index is 12.5. The van der Waals surface area contributed by atoms with Gasteiger partial charge in [-0.2, -0.15) is 10.2 Å². The van der Waals surface area contributed by atoms with Crippen LogP contribution in [-0.2, 0) is 0 Å². The lowest BCUT2D eigenvalue weighted by atomic mass is 10.2. The largest absolute Gasteiger partial charge is 0.367 e. The highest BCUT2D eigenvalue weighted by molar-refractivity contribution is 5.95. The summed E-state index contributed by atoms with van der Waals surface area (Å²) in [6.45, 7) is 4.76. The Hall–Kier alpha value is -4.01. The van der Waals surface area contributed by atoms with Crippen molar-refractivity contribution in [2.45, 2.75) is 13.8 Å². The topological polar surface area (TPSA) is 103 Å². The first-order valence-corrected chi connectivity index (χ1v) is 9.60. The van der Waals surface area contributed by atoms with Crippen molar-refractivity contribution in [3.05, 3.63) is 77.9 Å². The van der Waals surface area contributed by atoms with Gasteiger partial charge in [-0.05, 0) is 44.2 Å². The fraction of sp³-hybridized carbons (Fsp3) is 0.190. The molecule has 30 heavy (non-hydrogen) atoms. The second-order valence-electron chi connectivity index (χ2n) is 6.75. The molecule has 3 heterocycles. The van der Waals surface area contributed by atoms with Crippen molar-refractivity contribution >= 4 is 11.7 Å². The van der Waals surface area contributed by atoms with E-state index in [9.17, 15) is 4.79 Å². The van der Waals surface area contributed by atoms with Crippen molar-refractivity contribution in [3.8, 4) is 11.5 Å². The average molecular weight is 402 g/mol. The zero-order valence-electron chi connectivity index (χ0n) is 16.8. The Kier molecular flexibility index (Phi) is 5.51. The summed E-state index contributed by atoms with van der Waals surface area (Å²) in [6, 6.07) is 15.3. The number of benzene rings is 1. The van der Waals surface area contributed by atoms with Gasteiger partial charge in [0.1, 0.15) is 5.82 Å². The molecule has 0 bridgehead atoms. The standard InChI is InChI=1S/C21H22N8O/c1-15-10-13-28(27-15)20-9-8-19(25-26-20)22-11-12-23-21(30)18-14-24-29(16(18)2)17-6-4-3-5-7-17/h3-10,13-14H,11-12H2,1-2H3,(H,22,25)(H,23,30). The van der Waals surface area contributed by atoms with E-state index in [2.05, 4.69) is 31.0 Å². The zero-order chi connectivity index (χ0) is 20.9. The molecule has 9 nitrogen and oxygen atoms in total. The van der Waals surface area contributed by atoms with Crippen LogP contribution in [0.15, 0.2) is 60.9 Å². The Bertz CT molecular complexity index is 1130. The van der Waals surface area contributed by atoms with Crippen molar-refractivity contribution in [2.75, 3.05) is 18.4 Å². The number of hydrogen-bond donors (Lipinski definition) is 2. The summed E-state index contributed by atoms with van der Waals surface area (Å²) in [4.78, 5) is 12.5. The Morgan fingerprint density at radius 1 is 1.00 bits per heavy atom. The van der Waals surface area contributed by atoms with E-state index < -0.39 is 0 Å². The van der Waals surface area contributed by atoms with E-state index >= 15 is 0 Å². The summed E-state index contributed by atoms with van der Waals surface area (Å²) in [7, 11) is 0. The number of anilines is 1. The predicted octanol–water partition coefficient (Wildman–Crippen LogP) is 2.31. The van der Waals surface area contributed by atoms with Gasteiger partial charge in [0.15, 0.2) is 5.82 Å². The van der Waals surface area contributed by atoms with Crippen LogP contribution in [0.25, 0.3) is 11.5 Å². The molecule has 1 aromatic carbocycles. The summed E-state index contributed by atoms with van der Waals surface area (Å²) < 4.78 is 3.43. The van der Waals surface area contributed by atoms with Gasteiger partial charge in [0.25, 0.3) is 5.91 Å². The molecule has 0 aliphatic carbocycles. The molecule has 0 fully saturated rings. The normalized spacial score (nSPS) is 10.7. The second kappa shape index (κ2) is 8.56. The first-order chi connectivity index (χ1) is 14.6. The number of carbonyl (C=O) groups is 1. The van der Waals surface area contributed by atoms with Crippen molar-refractivity contribution in [1.29, 1.82) is 0 Å². The molecule has 3 aromatic heterocycles. The van der Waals surface area contributed by atoms with Crippen LogP contribution < -0.4 is 10.6 Å². The van der Waals surface area contributed by atoms with Gasteiger partial charge in [-0.1, -0.05) is 18.2 Å². The maximum Gasteiger partial charge on any atom is 0.254 e. The summed E-state index contributed by atoms with van der Waals surface area (Å²) in [5, 5.41) is 23.0. The predicted molar refractivity (Wildman–Crippen MR) is 113 cm³/mol. The molecule has 152 valence electrons. The average Bonchev–Trinajstić information content (AvgIpc) is 3.38. The lowest BCUT2D eigenvalue weighted by Crippen LogP contribution is -2.29. The van der Waals surface area contributed by atoms with Crippen LogP contribution in [0.2, 0.25) is 0 Å². The molecular weight excluding hydrogens is 380 g/mol. The maximum atomic E-state index is 12.5. The number of rotatable bonds is 7. The highest BCUT2D eigenvalue weighted by atomic mass is 16.1. The molecule has 0 atom stereocenters. The van der Waals surface area contributed by atoms with Gasteiger partial charge in [0, 0.05) is 19.3 Å². The van der Waals surface area contributed by atoms with Crippen LogP contribution >= 0.6 is 0 Å². The van der Waals surface area contributed by atoms with Crippen molar-refractivity contribution in [2.24, 2.45) is 0 Å². The summed E-state index contributed by atoms with van der Waals surface area (Å²) >= 11 is 0. The minimum absolute atomic E-state index is 0.160. The van der Waals surface area contributed by atoms with Crippen molar-refractivity contribution < 1.29 is 4.79 Å². The third-order valence-electron chi connectivity index (χ3n) is 4.58. The minimum atomic E-state index is -0.160. The van der Waals surface area contributed by atoms with Gasteiger partial charge in [-0.15, -0.1) is 10.2 Å². The summed E-state index contributed by atoms with van der Waals surface area (Å²) in [6.07, 6.45) is 3.43. The van der Waals surface area contributed by atoms with Crippen LogP contribution in [0.4, 0.5) is 5.82 Å². The molecule has 4 rings (SSSR count). The Morgan fingerprint density at radius 3 is 2.53 bits per heavy atom. The molecule has 0 spiro atoms. The van der Waals surface area contributed by atoms with E-state index in [-0.39, 0.29) is 5.91 Å². The lowest BCUT2D eigenvalue weighted by molar-refractivity contribution is 0.0954. The summed E-state index contributed by atoms with van der Waals surface area (Å²) in [5.74, 6) is 1.12. The zero-order valence-corrected chi connectivity index (χ0v) is 16.8. The van der Waals surface area contributed by atoms with Gasteiger partial charge < -0.3 is 10.6 Å².